The van der Waals surface area contributed by atoms with Crippen molar-refractivity contribution in [3.05, 3.63) is 44.5 Å². The maximum Gasteiger partial charge on any atom is 0.329 e. The van der Waals surface area contributed by atoms with Gasteiger partial charge in [-0.2, -0.15) is 0 Å². The lowest BCUT2D eigenvalue weighted by Gasteiger charge is -2.14. The van der Waals surface area contributed by atoms with Gasteiger partial charge in [0.1, 0.15) is 11.2 Å². The number of aliphatic hydroxyl groups is 1. The van der Waals surface area contributed by atoms with Crippen LogP contribution in [0.2, 0.25) is 0 Å². The Morgan fingerprint density at radius 3 is 2.88 bits per heavy atom. The van der Waals surface area contributed by atoms with Crippen LogP contribution in [0.5, 0.6) is 0 Å². The number of hydrogen-bond acceptors (Lipinski definition) is 4. The predicted octanol–water partition coefficient (Wildman–Crippen LogP) is 0.305. The number of nitrogens with zero attached hydrogens (tertiary/aromatic N) is 1. The Morgan fingerprint density at radius 1 is 1.59 bits per heavy atom. The van der Waals surface area contributed by atoms with Crippen molar-refractivity contribution in [2.45, 2.75) is 17.5 Å². The van der Waals surface area contributed by atoms with Crippen LogP contribution in [-0.4, -0.2) is 26.5 Å². The van der Waals surface area contributed by atoms with E-state index in [-0.39, 0.29) is 11.9 Å². The predicted molar refractivity (Wildman–Crippen MR) is 62.8 cm³/mol. The highest BCUT2D eigenvalue weighted by molar-refractivity contribution is 8.00. The third-order valence-electron chi connectivity index (χ3n) is 2.46. The van der Waals surface area contributed by atoms with Gasteiger partial charge >= 0.3 is 5.69 Å². The number of H-pyrrole nitrogens is 1. The molecular weight excluding hydrogens is 247 g/mol. The van der Waals surface area contributed by atoms with Crippen molar-refractivity contribution >= 4 is 11.8 Å². The highest BCUT2D eigenvalue weighted by Crippen LogP contribution is 2.40. The minimum Gasteiger partial charge on any atom is -0.395 e. The summed E-state index contributed by atoms with van der Waals surface area (Å²) >= 11 is 1.12. The molecule has 2 N–H and O–H groups in total. The minimum atomic E-state index is -0.810. The Bertz CT molecular complexity index is 578. The van der Waals surface area contributed by atoms with Gasteiger partial charge in [-0.3, -0.25) is 14.3 Å². The van der Waals surface area contributed by atoms with Crippen LogP contribution in [0.3, 0.4) is 0 Å². The summed E-state index contributed by atoms with van der Waals surface area (Å²) < 4.78 is 14.7. The zero-order chi connectivity index (χ0) is 12.6. The first-order valence-corrected chi connectivity index (χ1v) is 5.93. The minimum absolute atomic E-state index is 0.189. The summed E-state index contributed by atoms with van der Waals surface area (Å²) in [6.45, 7) is 1.35. The molecule has 0 radical (unpaired) electrons. The average Bonchev–Trinajstić information content (AvgIpc) is 2.65. The van der Waals surface area contributed by atoms with Crippen LogP contribution < -0.4 is 11.2 Å². The number of thioether (sulfide) groups is 1. The molecule has 1 aliphatic rings. The Kier molecular flexibility index (Phi) is 3.21. The molecule has 2 heterocycles. The lowest BCUT2D eigenvalue weighted by molar-refractivity contribution is 0.307. The number of halogens is 1. The van der Waals surface area contributed by atoms with Gasteiger partial charge in [0.2, 0.25) is 0 Å². The van der Waals surface area contributed by atoms with Crippen molar-refractivity contribution in [3.8, 4) is 0 Å². The van der Waals surface area contributed by atoms with E-state index in [4.69, 9.17) is 5.11 Å². The van der Waals surface area contributed by atoms with E-state index in [1.54, 1.807) is 6.92 Å². The zero-order valence-electron chi connectivity index (χ0n) is 9.01. The standard InChI is InChI=1S/C10H11FN2O3S/c1-5-3-13(10(16)12-8(5)15)9-7(11)2-6(4-14)17-9/h2-3,6,9,14H,4H2,1H3,(H,12,15,16)/t6-,9+/m1/s1. The summed E-state index contributed by atoms with van der Waals surface area (Å²) in [6, 6.07) is 0. The number of aliphatic hydroxyl groups excluding tert-OH is 1. The number of aryl methyl sites for hydroxylation is 1. The lowest BCUT2D eigenvalue weighted by Crippen LogP contribution is -2.32. The van der Waals surface area contributed by atoms with Crippen LogP contribution >= 0.6 is 11.8 Å². The molecule has 0 saturated carbocycles. The first-order chi connectivity index (χ1) is 8.02. The molecule has 5 nitrogen and oxygen atoms in total. The number of aromatic nitrogens is 2. The summed E-state index contributed by atoms with van der Waals surface area (Å²) in [7, 11) is 0. The van der Waals surface area contributed by atoms with Gasteiger partial charge in [0, 0.05) is 11.8 Å². The topological polar surface area (TPSA) is 75.1 Å². The molecule has 1 aliphatic heterocycles. The van der Waals surface area contributed by atoms with Crippen LogP contribution in [0.1, 0.15) is 10.9 Å². The van der Waals surface area contributed by atoms with Gasteiger partial charge in [0.25, 0.3) is 5.56 Å². The summed E-state index contributed by atoms with van der Waals surface area (Å²) in [4.78, 5) is 24.9. The number of rotatable bonds is 2. The van der Waals surface area contributed by atoms with Crippen molar-refractivity contribution in [2.24, 2.45) is 0 Å². The van der Waals surface area contributed by atoms with Gasteiger partial charge in [0.15, 0.2) is 0 Å². The third-order valence-corrected chi connectivity index (χ3v) is 3.81. The number of nitrogens with one attached hydrogen (secondary N) is 1. The maximum absolute atomic E-state index is 13.6. The third kappa shape index (κ3) is 2.20. The van der Waals surface area contributed by atoms with Crippen LogP contribution in [0.4, 0.5) is 4.39 Å². The van der Waals surface area contributed by atoms with Crippen molar-refractivity contribution in [2.75, 3.05) is 6.61 Å². The molecule has 1 aromatic rings. The van der Waals surface area contributed by atoms with Gasteiger partial charge in [-0.15, -0.1) is 11.8 Å². The van der Waals surface area contributed by atoms with Gasteiger partial charge < -0.3 is 5.11 Å². The molecule has 0 amide bonds. The lowest BCUT2D eigenvalue weighted by atomic mass is 10.3. The van der Waals surface area contributed by atoms with Gasteiger partial charge in [-0.1, -0.05) is 0 Å². The van der Waals surface area contributed by atoms with E-state index in [0.29, 0.717) is 5.56 Å². The van der Waals surface area contributed by atoms with Crippen LogP contribution in [0.25, 0.3) is 0 Å². The van der Waals surface area contributed by atoms with Crippen molar-refractivity contribution in [3.63, 3.8) is 0 Å². The first kappa shape index (κ1) is 12.1. The zero-order valence-corrected chi connectivity index (χ0v) is 9.83. The fraction of sp³-hybridized carbons (Fsp3) is 0.400. The molecule has 0 aromatic carbocycles. The maximum atomic E-state index is 13.6. The molecule has 0 bridgehead atoms. The van der Waals surface area contributed by atoms with Crippen molar-refractivity contribution in [1.82, 2.24) is 9.55 Å². The molecular formula is C10H11FN2O3S. The van der Waals surface area contributed by atoms with E-state index in [1.165, 1.54) is 12.3 Å². The van der Waals surface area contributed by atoms with Gasteiger partial charge in [-0.25, -0.2) is 9.18 Å². The SMILES string of the molecule is Cc1cn([C@H]2S[C@@H](CO)C=C2F)c(=O)[nH]c1=O. The first-order valence-electron chi connectivity index (χ1n) is 4.98. The molecule has 92 valence electrons. The smallest absolute Gasteiger partial charge is 0.329 e. The normalized spacial score (nSPS) is 23.8. The second kappa shape index (κ2) is 4.50. The van der Waals surface area contributed by atoms with Crippen LogP contribution in [-0.2, 0) is 0 Å². The molecule has 2 rings (SSSR count). The number of hydrogen-bond donors (Lipinski definition) is 2. The Labute approximate surface area is 100.0 Å². The molecule has 0 aliphatic carbocycles. The van der Waals surface area contributed by atoms with E-state index in [1.807, 2.05) is 0 Å². The summed E-state index contributed by atoms with van der Waals surface area (Å²) in [5.74, 6) is -0.484. The van der Waals surface area contributed by atoms with E-state index < -0.39 is 22.4 Å². The molecule has 1 aromatic heterocycles. The highest BCUT2D eigenvalue weighted by atomic mass is 32.2. The monoisotopic (exact) mass is 258 g/mol. The fourth-order valence-corrected chi connectivity index (χ4v) is 2.71. The van der Waals surface area contributed by atoms with E-state index >= 15 is 0 Å². The van der Waals surface area contributed by atoms with Crippen molar-refractivity contribution in [1.29, 1.82) is 0 Å². The van der Waals surface area contributed by atoms with Gasteiger partial charge in [-0.05, 0) is 13.0 Å². The average molecular weight is 258 g/mol. The van der Waals surface area contributed by atoms with Crippen LogP contribution in [0, 0.1) is 6.92 Å². The number of aromatic amines is 1. The molecule has 2 atom stereocenters. The summed E-state index contributed by atoms with van der Waals surface area (Å²) in [5.41, 5.74) is -0.789. The molecule has 0 spiro atoms. The van der Waals surface area contributed by atoms with Gasteiger partial charge in [0.05, 0.1) is 11.9 Å². The second-order valence-corrected chi connectivity index (χ2v) is 5.06. The van der Waals surface area contributed by atoms with Crippen molar-refractivity contribution < 1.29 is 9.50 Å². The Balaban J connectivity index is 2.43. The molecule has 0 saturated heterocycles. The molecule has 0 unspecified atom stereocenters. The highest BCUT2D eigenvalue weighted by Gasteiger charge is 2.29. The summed E-state index contributed by atoms with van der Waals surface area (Å²) in [5, 5.41) is 7.77. The largest absolute Gasteiger partial charge is 0.395 e. The molecule has 0 fully saturated rings. The Hall–Kier alpha value is -1.34. The molecule has 17 heavy (non-hydrogen) atoms. The van der Waals surface area contributed by atoms with E-state index in [2.05, 4.69) is 4.98 Å². The quantitative estimate of drug-likeness (QED) is 0.800. The Morgan fingerprint density at radius 2 is 2.29 bits per heavy atom. The van der Waals surface area contributed by atoms with Crippen LogP contribution in [0.15, 0.2) is 27.7 Å². The second-order valence-electron chi connectivity index (χ2n) is 3.74. The van der Waals surface area contributed by atoms with E-state index in [9.17, 15) is 14.0 Å². The molecule has 7 heteroatoms. The summed E-state index contributed by atoms with van der Waals surface area (Å²) in [6.07, 6.45) is 2.61. The van der Waals surface area contributed by atoms with E-state index in [0.717, 1.165) is 16.3 Å². The fourth-order valence-electron chi connectivity index (χ4n) is 1.58.